The molecule has 0 aliphatic rings. The first-order chi connectivity index (χ1) is 8.25. The van der Waals surface area contributed by atoms with E-state index in [1.54, 1.807) is 18.6 Å². The first kappa shape index (κ1) is 11.3. The summed E-state index contributed by atoms with van der Waals surface area (Å²) in [4.78, 5) is 8.11. The lowest BCUT2D eigenvalue weighted by Crippen LogP contribution is -2.08. The van der Waals surface area contributed by atoms with Gasteiger partial charge in [0, 0.05) is 25.5 Å². The first-order valence-corrected chi connectivity index (χ1v) is 5.47. The molecule has 0 aliphatic carbocycles. The monoisotopic (exact) mass is 232 g/mol. The number of aryl methyl sites for hydroxylation is 1. The van der Waals surface area contributed by atoms with Gasteiger partial charge in [-0.05, 0) is 18.6 Å². The van der Waals surface area contributed by atoms with Crippen LogP contribution in [-0.4, -0.2) is 21.1 Å². The molecule has 0 spiro atoms. The van der Waals surface area contributed by atoms with Crippen LogP contribution in [0.15, 0.2) is 30.9 Å². The molecular weight excluding hydrogens is 216 g/mol. The smallest absolute Gasteiger partial charge is 0.149 e. The summed E-state index contributed by atoms with van der Waals surface area (Å²) in [5, 5.41) is 3.19. The van der Waals surface area contributed by atoms with Gasteiger partial charge in [0.15, 0.2) is 0 Å². The molecule has 90 valence electrons. The van der Waals surface area contributed by atoms with E-state index in [4.69, 9.17) is 11.5 Å². The molecule has 0 bridgehead atoms. The van der Waals surface area contributed by atoms with Crippen LogP contribution in [0, 0.1) is 0 Å². The number of nitrogens with zero attached hydrogens (tertiary/aromatic N) is 3. The van der Waals surface area contributed by atoms with E-state index in [9.17, 15) is 0 Å². The molecular formula is C11H16N6. The molecule has 0 aromatic carbocycles. The minimum Gasteiger partial charge on any atom is -0.396 e. The van der Waals surface area contributed by atoms with Crippen molar-refractivity contribution in [1.82, 2.24) is 14.5 Å². The van der Waals surface area contributed by atoms with Crippen molar-refractivity contribution in [2.24, 2.45) is 0 Å². The predicted molar refractivity (Wildman–Crippen MR) is 68.4 cm³/mol. The Labute approximate surface area is 99.7 Å². The van der Waals surface area contributed by atoms with Crippen LogP contribution in [0.2, 0.25) is 0 Å². The van der Waals surface area contributed by atoms with Gasteiger partial charge in [0.25, 0.3) is 0 Å². The zero-order chi connectivity index (χ0) is 12.1. The highest BCUT2D eigenvalue weighted by molar-refractivity contribution is 5.61. The molecule has 2 aromatic heterocycles. The van der Waals surface area contributed by atoms with E-state index in [2.05, 4.69) is 15.3 Å². The van der Waals surface area contributed by atoms with Gasteiger partial charge in [0.1, 0.15) is 11.6 Å². The van der Waals surface area contributed by atoms with Crippen LogP contribution in [0.3, 0.4) is 0 Å². The molecule has 0 saturated heterocycles. The van der Waals surface area contributed by atoms with E-state index in [1.807, 2.05) is 16.8 Å². The summed E-state index contributed by atoms with van der Waals surface area (Å²) in [5.41, 5.74) is 11.7. The van der Waals surface area contributed by atoms with Gasteiger partial charge in [-0.2, -0.15) is 0 Å². The lowest BCUT2D eigenvalue weighted by Gasteiger charge is -2.07. The second-order valence-electron chi connectivity index (χ2n) is 3.75. The van der Waals surface area contributed by atoms with Crippen molar-refractivity contribution in [1.29, 1.82) is 0 Å². The average Bonchev–Trinajstić information content (AvgIpc) is 2.82. The number of hydrogen-bond acceptors (Lipinski definition) is 5. The number of pyridine rings is 1. The molecule has 5 N–H and O–H groups in total. The fourth-order valence-corrected chi connectivity index (χ4v) is 1.48. The molecule has 0 atom stereocenters. The van der Waals surface area contributed by atoms with Crippen LogP contribution < -0.4 is 16.8 Å². The topological polar surface area (TPSA) is 94.8 Å². The van der Waals surface area contributed by atoms with E-state index in [1.165, 1.54) is 0 Å². The Morgan fingerprint density at radius 3 is 2.88 bits per heavy atom. The van der Waals surface area contributed by atoms with E-state index < -0.39 is 0 Å². The molecule has 2 aromatic rings. The van der Waals surface area contributed by atoms with Crippen LogP contribution in [0.25, 0.3) is 0 Å². The van der Waals surface area contributed by atoms with Gasteiger partial charge in [0.05, 0.1) is 12.0 Å². The maximum atomic E-state index is 5.61. The first-order valence-electron chi connectivity index (χ1n) is 5.47. The second kappa shape index (κ2) is 5.20. The lowest BCUT2D eigenvalue weighted by molar-refractivity contribution is 0.660. The summed E-state index contributed by atoms with van der Waals surface area (Å²) in [5.74, 6) is 1.12. The van der Waals surface area contributed by atoms with Gasteiger partial charge in [-0.1, -0.05) is 0 Å². The summed E-state index contributed by atoms with van der Waals surface area (Å²) in [6, 6.07) is 3.57. The van der Waals surface area contributed by atoms with Crippen molar-refractivity contribution in [2.75, 3.05) is 23.3 Å². The number of anilines is 3. The zero-order valence-corrected chi connectivity index (χ0v) is 9.50. The molecule has 0 saturated carbocycles. The molecule has 2 heterocycles. The fourth-order valence-electron chi connectivity index (χ4n) is 1.48. The molecule has 6 heteroatoms. The number of aromatic nitrogens is 3. The molecule has 17 heavy (non-hydrogen) atoms. The Kier molecular flexibility index (Phi) is 3.44. The minimum atomic E-state index is 0.365. The second-order valence-corrected chi connectivity index (χ2v) is 3.75. The van der Waals surface area contributed by atoms with E-state index >= 15 is 0 Å². The number of imidazole rings is 1. The zero-order valence-electron chi connectivity index (χ0n) is 9.50. The number of rotatable bonds is 5. The quantitative estimate of drug-likeness (QED) is 0.667. The Bertz CT molecular complexity index is 465. The van der Waals surface area contributed by atoms with Crippen LogP contribution >= 0.6 is 0 Å². The lowest BCUT2D eigenvalue weighted by atomic mass is 10.3. The van der Waals surface area contributed by atoms with Crippen molar-refractivity contribution in [3.63, 3.8) is 0 Å². The van der Waals surface area contributed by atoms with E-state index in [-0.39, 0.29) is 0 Å². The Morgan fingerprint density at radius 2 is 2.18 bits per heavy atom. The number of nitrogens with two attached hydrogens (primary N) is 2. The van der Waals surface area contributed by atoms with Gasteiger partial charge in [-0.3, -0.25) is 0 Å². The van der Waals surface area contributed by atoms with Crippen molar-refractivity contribution in [2.45, 2.75) is 13.0 Å². The Hall–Kier alpha value is -2.24. The highest BCUT2D eigenvalue weighted by Gasteiger charge is 1.98. The maximum Gasteiger partial charge on any atom is 0.149 e. The van der Waals surface area contributed by atoms with Gasteiger partial charge < -0.3 is 21.4 Å². The van der Waals surface area contributed by atoms with Gasteiger partial charge in [-0.25, -0.2) is 9.97 Å². The van der Waals surface area contributed by atoms with Crippen LogP contribution in [0.1, 0.15) is 6.42 Å². The van der Waals surface area contributed by atoms with Crippen LogP contribution in [0.5, 0.6) is 0 Å². The molecule has 0 amide bonds. The Morgan fingerprint density at radius 1 is 1.29 bits per heavy atom. The van der Waals surface area contributed by atoms with Crippen LogP contribution in [0.4, 0.5) is 17.3 Å². The van der Waals surface area contributed by atoms with Gasteiger partial charge in [0.2, 0.25) is 0 Å². The third-order valence-corrected chi connectivity index (χ3v) is 2.42. The number of nitrogen functional groups attached to an aromatic ring is 2. The van der Waals surface area contributed by atoms with E-state index in [0.29, 0.717) is 11.5 Å². The minimum absolute atomic E-state index is 0.365. The summed E-state index contributed by atoms with van der Waals surface area (Å²) >= 11 is 0. The molecule has 6 nitrogen and oxygen atoms in total. The number of hydrogen-bond donors (Lipinski definition) is 3. The molecule has 0 aliphatic heterocycles. The van der Waals surface area contributed by atoms with Gasteiger partial charge >= 0.3 is 0 Å². The maximum absolute atomic E-state index is 5.61. The summed E-state index contributed by atoms with van der Waals surface area (Å²) in [7, 11) is 0. The van der Waals surface area contributed by atoms with Crippen molar-refractivity contribution in [3.8, 4) is 0 Å². The van der Waals surface area contributed by atoms with Gasteiger partial charge in [-0.15, -0.1) is 0 Å². The Balaban J connectivity index is 1.76. The van der Waals surface area contributed by atoms with E-state index in [0.717, 1.165) is 25.3 Å². The largest absolute Gasteiger partial charge is 0.396 e. The highest BCUT2D eigenvalue weighted by atomic mass is 15.0. The third-order valence-electron chi connectivity index (χ3n) is 2.42. The van der Waals surface area contributed by atoms with Crippen LogP contribution in [-0.2, 0) is 6.54 Å². The summed E-state index contributed by atoms with van der Waals surface area (Å²) in [6.45, 7) is 1.76. The molecule has 0 radical (unpaired) electrons. The average molecular weight is 232 g/mol. The third kappa shape index (κ3) is 3.10. The fraction of sp³-hybridized carbons (Fsp3) is 0.273. The SMILES string of the molecule is Nc1ccc(NCCCn2ccnc2)nc1N. The van der Waals surface area contributed by atoms with Crippen molar-refractivity contribution >= 4 is 17.3 Å². The number of nitrogens with one attached hydrogen (secondary N) is 1. The van der Waals surface area contributed by atoms with Crippen molar-refractivity contribution < 1.29 is 0 Å². The summed E-state index contributed by atoms with van der Waals surface area (Å²) < 4.78 is 2.03. The van der Waals surface area contributed by atoms with Crippen molar-refractivity contribution in [3.05, 3.63) is 30.9 Å². The molecule has 0 fully saturated rings. The standard InChI is InChI=1S/C11H16N6/c12-9-2-3-10(16-11(9)13)15-4-1-6-17-7-5-14-8-17/h2-3,5,7-8H,1,4,6,12H2,(H3,13,15,16). The molecule has 0 unspecified atom stereocenters. The normalized spacial score (nSPS) is 10.4. The summed E-state index contributed by atoms with van der Waals surface area (Å²) in [6.07, 6.45) is 6.51. The predicted octanol–water partition coefficient (Wildman–Crippen LogP) is 0.945. The molecule has 2 rings (SSSR count). The highest BCUT2D eigenvalue weighted by Crippen LogP contribution is 2.14.